The second-order valence-electron chi connectivity index (χ2n) is 8.39. The number of carboxylic acid groups (broad SMARTS) is 1. The van der Waals surface area contributed by atoms with Crippen molar-refractivity contribution >= 4 is 22.9 Å². The molecule has 1 aliphatic rings. The maximum absolute atomic E-state index is 13.6. The maximum Gasteiger partial charge on any atom is 0.305 e. The third-order valence-corrected chi connectivity index (χ3v) is 5.57. The number of fused-ring (bicyclic) bond motifs is 1. The van der Waals surface area contributed by atoms with Gasteiger partial charge in [0.25, 0.3) is 0 Å². The van der Waals surface area contributed by atoms with E-state index in [1.807, 2.05) is 31.2 Å². The molecule has 0 saturated carbocycles. The Labute approximate surface area is 177 Å². The summed E-state index contributed by atoms with van der Waals surface area (Å²) in [6.45, 7) is 6.26. The van der Waals surface area contributed by atoms with Crippen molar-refractivity contribution in [2.45, 2.75) is 58.1 Å². The number of aliphatic hydroxyl groups excluding tert-OH is 1. The summed E-state index contributed by atoms with van der Waals surface area (Å²) in [6, 6.07) is 8.51. The SMILES string of the molecule is CC(C)n1c(/C=C/[C@@H](C)C[C@@H](O)CC(=O)O)c(C2C=CC(F)=CC2)c2ccccc21. The fourth-order valence-corrected chi connectivity index (χ4v) is 4.28. The quantitative estimate of drug-likeness (QED) is 0.560. The lowest BCUT2D eigenvalue weighted by Crippen LogP contribution is -2.15. The summed E-state index contributed by atoms with van der Waals surface area (Å²) in [5.41, 5.74) is 3.40. The van der Waals surface area contributed by atoms with E-state index in [0.29, 0.717) is 12.8 Å². The molecule has 0 spiro atoms. The van der Waals surface area contributed by atoms with Crippen LogP contribution in [0.4, 0.5) is 4.39 Å². The van der Waals surface area contributed by atoms with Crippen molar-refractivity contribution in [2.24, 2.45) is 5.92 Å². The molecule has 1 unspecified atom stereocenters. The van der Waals surface area contributed by atoms with Gasteiger partial charge in [-0.2, -0.15) is 0 Å². The number of rotatable bonds is 8. The number of aliphatic hydroxyl groups is 1. The van der Waals surface area contributed by atoms with Crippen LogP contribution in [0.5, 0.6) is 0 Å². The largest absolute Gasteiger partial charge is 0.481 e. The Hall–Kier alpha value is -2.66. The van der Waals surface area contributed by atoms with Gasteiger partial charge in [-0.3, -0.25) is 4.79 Å². The molecule has 5 heteroatoms. The van der Waals surface area contributed by atoms with Gasteiger partial charge in [-0.1, -0.05) is 37.3 Å². The highest BCUT2D eigenvalue weighted by Gasteiger charge is 2.23. The van der Waals surface area contributed by atoms with E-state index in [9.17, 15) is 14.3 Å². The van der Waals surface area contributed by atoms with Gasteiger partial charge in [0.15, 0.2) is 0 Å². The predicted molar refractivity (Wildman–Crippen MR) is 119 cm³/mol. The van der Waals surface area contributed by atoms with Crippen molar-refractivity contribution in [3.05, 3.63) is 65.7 Å². The minimum atomic E-state index is -0.995. The summed E-state index contributed by atoms with van der Waals surface area (Å²) in [5, 5.41) is 20.0. The lowest BCUT2D eigenvalue weighted by molar-refractivity contribution is -0.139. The fraction of sp³-hybridized carbons (Fsp3) is 0.400. The van der Waals surface area contributed by atoms with Crippen LogP contribution in [0.25, 0.3) is 17.0 Å². The van der Waals surface area contributed by atoms with Crippen LogP contribution in [0, 0.1) is 5.92 Å². The lowest BCUT2D eigenvalue weighted by Gasteiger charge is -2.18. The summed E-state index contributed by atoms with van der Waals surface area (Å²) >= 11 is 0. The number of aliphatic carboxylic acids is 1. The third kappa shape index (κ3) is 4.90. The average Bonchev–Trinajstić information content (AvgIpc) is 3.00. The van der Waals surface area contributed by atoms with E-state index < -0.39 is 12.1 Å². The Morgan fingerprint density at radius 1 is 1.30 bits per heavy atom. The van der Waals surface area contributed by atoms with Gasteiger partial charge in [-0.25, -0.2) is 4.39 Å². The molecule has 2 aromatic rings. The molecule has 0 saturated heterocycles. The van der Waals surface area contributed by atoms with Crippen LogP contribution in [-0.4, -0.2) is 26.9 Å². The van der Waals surface area contributed by atoms with Gasteiger partial charge in [-0.05, 0) is 62.5 Å². The summed E-state index contributed by atoms with van der Waals surface area (Å²) in [7, 11) is 0. The number of allylic oxidation sites excluding steroid dienone is 5. The van der Waals surface area contributed by atoms with Crippen molar-refractivity contribution in [1.82, 2.24) is 4.57 Å². The van der Waals surface area contributed by atoms with Gasteiger partial charge in [0.2, 0.25) is 0 Å². The Morgan fingerprint density at radius 2 is 2.03 bits per heavy atom. The Balaban J connectivity index is 2.01. The summed E-state index contributed by atoms with van der Waals surface area (Å²) in [6.07, 6.45) is 9.09. The number of para-hydroxylation sites is 1. The number of halogens is 1. The van der Waals surface area contributed by atoms with E-state index in [1.165, 1.54) is 11.6 Å². The molecule has 1 aromatic carbocycles. The molecule has 1 heterocycles. The van der Waals surface area contributed by atoms with Gasteiger partial charge < -0.3 is 14.8 Å². The number of carboxylic acids is 1. The minimum Gasteiger partial charge on any atom is -0.481 e. The number of aromatic nitrogens is 1. The number of nitrogens with zero attached hydrogens (tertiary/aromatic N) is 1. The zero-order valence-electron chi connectivity index (χ0n) is 17.8. The first-order valence-electron chi connectivity index (χ1n) is 10.5. The average molecular weight is 412 g/mol. The zero-order valence-corrected chi connectivity index (χ0v) is 17.8. The Kier molecular flexibility index (Phi) is 6.93. The van der Waals surface area contributed by atoms with E-state index in [2.05, 4.69) is 36.6 Å². The summed E-state index contributed by atoms with van der Waals surface area (Å²) in [5.74, 6) is -1.09. The molecule has 160 valence electrons. The first-order chi connectivity index (χ1) is 14.3. The van der Waals surface area contributed by atoms with Gasteiger partial charge >= 0.3 is 5.97 Å². The van der Waals surface area contributed by atoms with Crippen molar-refractivity contribution in [3.8, 4) is 0 Å². The third-order valence-electron chi connectivity index (χ3n) is 5.57. The topological polar surface area (TPSA) is 62.5 Å². The Morgan fingerprint density at radius 3 is 2.67 bits per heavy atom. The van der Waals surface area contributed by atoms with Gasteiger partial charge in [0.05, 0.1) is 12.5 Å². The smallest absolute Gasteiger partial charge is 0.305 e. The van der Waals surface area contributed by atoms with Gasteiger partial charge in [0, 0.05) is 28.6 Å². The predicted octanol–water partition coefficient (Wildman–Crippen LogP) is 5.99. The molecular formula is C25H30FNO3. The lowest BCUT2D eigenvalue weighted by atomic mass is 9.89. The molecule has 3 atom stereocenters. The molecule has 4 nitrogen and oxygen atoms in total. The normalized spacial score (nSPS) is 18.9. The van der Waals surface area contributed by atoms with Crippen LogP contribution in [0.15, 0.2) is 54.4 Å². The molecule has 0 radical (unpaired) electrons. The minimum absolute atomic E-state index is 0.0186. The van der Waals surface area contributed by atoms with Gasteiger partial charge in [-0.15, -0.1) is 0 Å². The number of benzene rings is 1. The van der Waals surface area contributed by atoms with E-state index in [-0.39, 0.29) is 30.1 Å². The second kappa shape index (κ2) is 9.43. The summed E-state index contributed by atoms with van der Waals surface area (Å²) < 4.78 is 15.9. The molecule has 1 aromatic heterocycles. The molecule has 0 aliphatic heterocycles. The second-order valence-corrected chi connectivity index (χ2v) is 8.39. The molecule has 30 heavy (non-hydrogen) atoms. The first kappa shape index (κ1) is 22.0. The van der Waals surface area contributed by atoms with Gasteiger partial charge in [0.1, 0.15) is 5.83 Å². The van der Waals surface area contributed by atoms with Crippen molar-refractivity contribution < 1.29 is 19.4 Å². The number of hydrogen-bond donors (Lipinski definition) is 2. The van der Waals surface area contributed by atoms with Crippen LogP contribution in [0.2, 0.25) is 0 Å². The highest BCUT2D eigenvalue weighted by molar-refractivity contribution is 5.89. The van der Waals surface area contributed by atoms with Crippen molar-refractivity contribution in [2.75, 3.05) is 0 Å². The van der Waals surface area contributed by atoms with Crippen LogP contribution in [0.3, 0.4) is 0 Å². The molecule has 0 amide bonds. The van der Waals surface area contributed by atoms with Crippen LogP contribution >= 0.6 is 0 Å². The van der Waals surface area contributed by atoms with Crippen molar-refractivity contribution in [1.29, 1.82) is 0 Å². The molecule has 2 N–H and O–H groups in total. The molecule has 3 rings (SSSR count). The number of hydrogen-bond acceptors (Lipinski definition) is 2. The highest BCUT2D eigenvalue weighted by atomic mass is 19.1. The highest BCUT2D eigenvalue weighted by Crippen LogP contribution is 2.39. The molecular weight excluding hydrogens is 381 g/mol. The maximum atomic E-state index is 13.6. The van der Waals surface area contributed by atoms with Crippen molar-refractivity contribution in [3.63, 3.8) is 0 Å². The van der Waals surface area contributed by atoms with Crippen LogP contribution in [-0.2, 0) is 4.79 Å². The Bertz CT molecular complexity index is 999. The fourth-order valence-electron chi connectivity index (χ4n) is 4.28. The molecule has 1 aliphatic carbocycles. The van der Waals surface area contributed by atoms with Crippen LogP contribution < -0.4 is 0 Å². The summed E-state index contributed by atoms with van der Waals surface area (Å²) in [4.78, 5) is 10.8. The molecule has 0 bridgehead atoms. The van der Waals surface area contributed by atoms with E-state index in [0.717, 1.165) is 16.6 Å². The van der Waals surface area contributed by atoms with E-state index >= 15 is 0 Å². The monoisotopic (exact) mass is 411 g/mol. The number of carbonyl (C=O) groups is 1. The van der Waals surface area contributed by atoms with Crippen LogP contribution in [0.1, 0.15) is 63.3 Å². The molecule has 0 fully saturated rings. The first-order valence-corrected chi connectivity index (χ1v) is 10.5. The van der Waals surface area contributed by atoms with E-state index in [1.54, 1.807) is 6.08 Å². The van der Waals surface area contributed by atoms with E-state index in [4.69, 9.17) is 5.11 Å². The standard InChI is InChI=1S/C25H30FNO3/c1-16(2)27-22-7-5-4-6-21(22)25(18-9-11-19(26)12-10-18)23(27)13-8-17(3)14-20(28)15-24(29)30/h4-9,11-13,16-18,20,28H,10,14-15H2,1-3H3,(H,29,30)/b13-8+/t17-,18?,20-/m1/s1. The zero-order chi connectivity index (χ0) is 21.8.